The minimum atomic E-state index is -0.0539. The molecule has 0 aromatic carbocycles. The Labute approximate surface area is 120 Å². The molecule has 19 heavy (non-hydrogen) atoms. The second-order valence-corrected chi connectivity index (χ2v) is 5.50. The van der Waals surface area contributed by atoms with Crippen LogP contribution in [0.3, 0.4) is 0 Å². The van der Waals surface area contributed by atoms with Crippen LogP contribution in [-0.2, 0) is 24.1 Å². The van der Waals surface area contributed by atoms with Crippen LogP contribution in [0.15, 0.2) is 4.79 Å². The van der Waals surface area contributed by atoms with Crippen LogP contribution in [0.5, 0.6) is 0 Å². The maximum absolute atomic E-state index is 11.7. The van der Waals surface area contributed by atoms with Gasteiger partial charge in [-0.1, -0.05) is 15.9 Å². The maximum atomic E-state index is 11.7. The fraction of sp³-hybridized carbons (Fsp3) is 0.615. The van der Waals surface area contributed by atoms with E-state index in [2.05, 4.69) is 31.4 Å². The van der Waals surface area contributed by atoms with Gasteiger partial charge in [-0.05, 0) is 31.2 Å². The summed E-state index contributed by atoms with van der Waals surface area (Å²) in [5.74, 6) is 0.0372. The van der Waals surface area contributed by atoms with E-state index in [0.717, 1.165) is 42.5 Å². The molecule has 0 aliphatic heterocycles. The van der Waals surface area contributed by atoms with E-state index < -0.39 is 0 Å². The van der Waals surface area contributed by atoms with Gasteiger partial charge in [0.05, 0.1) is 5.69 Å². The molecule has 2 N–H and O–H groups in total. The molecule has 0 saturated carbocycles. The summed E-state index contributed by atoms with van der Waals surface area (Å²) in [6, 6.07) is 0. The van der Waals surface area contributed by atoms with Crippen LogP contribution in [0.1, 0.15) is 36.1 Å². The number of nitrogens with zero attached hydrogens (tertiary/aromatic N) is 1. The Balaban J connectivity index is 2.01. The number of hydrogen-bond acceptors (Lipinski definition) is 3. The molecule has 0 atom stereocenters. The van der Waals surface area contributed by atoms with Crippen molar-refractivity contribution in [1.82, 2.24) is 15.5 Å². The van der Waals surface area contributed by atoms with Crippen LogP contribution < -0.4 is 10.9 Å². The molecule has 5 nitrogen and oxygen atoms in total. The molecule has 1 aliphatic carbocycles. The third-order valence-electron chi connectivity index (χ3n) is 3.39. The fourth-order valence-corrected chi connectivity index (χ4v) is 2.79. The molecular formula is C13H18BrN3O2. The Kier molecular flexibility index (Phi) is 5.13. The highest BCUT2D eigenvalue weighted by molar-refractivity contribution is 9.09. The zero-order valence-electron chi connectivity index (χ0n) is 10.8. The van der Waals surface area contributed by atoms with Crippen molar-refractivity contribution in [2.75, 3.05) is 11.9 Å². The lowest BCUT2D eigenvalue weighted by molar-refractivity contribution is -0.120. The van der Waals surface area contributed by atoms with E-state index >= 15 is 0 Å². The van der Waals surface area contributed by atoms with Crippen LogP contribution in [0.25, 0.3) is 0 Å². The van der Waals surface area contributed by atoms with Crippen LogP contribution in [0.4, 0.5) is 0 Å². The molecule has 2 rings (SSSR count). The zero-order chi connectivity index (χ0) is 13.7. The van der Waals surface area contributed by atoms with Crippen LogP contribution in [0, 0.1) is 0 Å². The highest BCUT2D eigenvalue weighted by Gasteiger charge is 2.17. The van der Waals surface area contributed by atoms with E-state index in [1.54, 1.807) is 0 Å². The monoisotopic (exact) mass is 327 g/mol. The molecule has 104 valence electrons. The Morgan fingerprint density at radius 3 is 2.79 bits per heavy atom. The van der Waals surface area contributed by atoms with Gasteiger partial charge in [-0.25, -0.2) is 5.10 Å². The average molecular weight is 328 g/mol. The minimum Gasteiger partial charge on any atom is -0.356 e. The number of nitrogens with one attached hydrogen (secondary N) is 2. The highest BCUT2D eigenvalue weighted by atomic mass is 79.9. The third kappa shape index (κ3) is 3.65. The Morgan fingerprint density at radius 1 is 1.32 bits per heavy atom. The number of aromatic nitrogens is 2. The van der Waals surface area contributed by atoms with Crippen LogP contribution in [-0.4, -0.2) is 28.0 Å². The first-order valence-corrected chi connectivity index (χ1v) is 7.76. The van der Waals surface area contributed by atoms with Crippen LogP contribution in [0.2, 0.25) is 0 Å². The van der Waals surface area contributed by atoms with Crippen LogP contribution >= 0.6 is 15.9 Å². The molecule has 1 aromatic rings. The quantitative estimate of drug-likeness (QED) is 0.795. The fourth-order valence-electron chi connectivity index (χ4n) is 2.43. The van der Waals surface area contributed by atoms with Gasteiger partial charge in [-0.3, -0.25) is 9.59 Å². The summed E-state index contributed by atoms with van der Waals surface area (Å²) in [4.78, 5) is 23.0. The normalized spacial score (nSPS) is 13.9. The maximum Gasteiger partial charge on any atom is 0.267 e. The molecule has 6 heteroatoms. The summed E-state index contributed by atoms with van der Waals surface area (Å²) < 4.78 is 0. The zero-order valence-corrected chi connectivity index (χ0v) is 12.4. The van der Waals surface area contributed by atoms with Gasteiger partial charge in [0.25, 0.3) is 5.56 Å². The number of carbonyl (C=O) groups is 1. The van der Waals surface area contributed by atoms with E-state index in [1.165, 1.54) is 0 Å². The molecule has 1 aliphatic rings. The number of rotatable bonds is 5. The number of H-pyrrole nitrogens is 1. The lowest BCUT2D eigenvalue weighted by Crippen LogP contribution is -2.28. The number of amides is 1. The Hall–Kier alpha value is -1.17. The van der Waals surface area contributed by atoms with Crippen molar-refractivity contribution < 1.29 is 4.79 Å². The largest absolute Gasteiger partial charge is 0.356 e. The van der Waals surface area contributed by atoms with E-state index in [4.69, 9.17) is 0 Å². The molecule has 0 radical (unpaired) electrons. The first-order chi connectivity index (χ1) is 9.22. The van der Waals surface area contributed by atoms with Crippen molar-refractivity contribution in [3.8, 4) is 0 Å². The van der Waals surface area contributed by atoms with Crippen molar-refractivity contribution in [3.63, 3.8) is 0 Å². The molecule has 0 spiro atoms. The number of alkyl halides is 1. The van der Waals surface area contributed by atoms with Crippen molar-refractivity contribution in [1.29, 1.82) is 0 Å². The van der Waals surface area contributed by atoms with Gasteiger partial charge in [0.2, 0.25) is 5.91 Å². The van der Waals surface area contributed by atoms with Crippen molar-refractivity contribution in [2.24, 2.45) is 0 Å². The SMILES string of the molecule is O=C(CCBr)NCCc1n[nH]c(=O)c2c1CCCC2. The van der Waals surface area contributed by atoms with Gasteiger partial charge in [-0.2, -0.15) is 5.10 Å². The van der Waals surface area contributed by atoms with E-state index in [0.29, 0.717) is 24.7 Å². The first-order valence-electron chi connectivity index (χ1n) is 6.64. The van der Waals surface area contributed by atoms with Gasteiger partial charge in [-0.15, -0.1) is 0 Å². The van der Waals surface area contributed by atoms with Crippen molar-refractivity contribution in [3.05, 3.63) is 27.2 Å². The summed E-state index contributed by atoms with van der Waals surface area (Å²) in [5, 5.41) is 10.2. The summed E-state index contributed by atoms with van der Waals surface area (Å²) in [6.07, 6.45) is 5.11. The minimum absolute atomic E-state index is 0.0372. The predicted octanol–water partition coefficient (Wildman–Crippen LogP) is 1.09. The second-order valence-electron chi connectivity index (χ2n) is 4.70. The number of carbonyl (C=O) groups excluding carboxylic acids is 1. The molecule has 0 unspecified atom stereocenters. The number of hydrogen-bond donors (Lipinski definition) is 2. The standard InChI is InChI=1S/C13H18BrN3O2/c14-7-5-12(18)15-8-6-11-9-3-1-2-4-10(9)13(19)17-16-11/h1-8H2,(H,15,18)(H,17,19). The molecule has 0 bridgehead atoms. The summed E-state index contributed by atoms with van der Waals surface area (Å²) in [7, 11) is 0. The van der Waals surface area contributed by atoms with Gasteiger partial charge in [0.1, 0.15) is 0 Å². The predicted molar refractivity (Wildman–Crippen MR) is 76.6 cm³/mol. The van der Waals surface area contributed by atoms with Gasteiger partial charge < -0.3 is 5.32 Å². The van der Waals surface area contributed by atoms with Gasteiger partial charge in [0, 0.05) is 30.3 Å². The molecule has 1 aromatic heterocycles. The van der Waals surface area contributed by atoms with Crippen molar-refractivity contribution >= 4 is 21.8 Å². The summed E-state index contributed by atoms with van der Waals surface area (Å²) in [6.45, 7) is 0.567. The van der Waals surface area contributed by atoms with E-state index in [1.807, 2.05) is 0 Å². The lowest BCUT2D eigenvalue weighted by Gasteiger charge is -2.17. The topological polar surface area (TPSA) is 74.8 Å². The number of fused-ring (bicyclic) bond motifs is 1. The Bertz CT molecular complexity index is 513. The number of halogens is 1. The molecular weight excluding hydrogens is 310 g/mol. The highest BCUT2D eigenvalue weighted by Crippen LogP contribution is 2.20. The average Bonchev–Trinajstić information content (AvgIpc) is 2.42. The molecule has 0 saturated heterocycles. The Morgan fingerprint density at radius 2 is 2.05 bits per heavy atom. The molecule has 1 heterocycles. The second kappa shape index (κ2) is 6.84. The third-order valence-corrected chi connectivity index (χ3v) is 3.78. The molecule has 0 fully saturated rings. The van der Waals surface area contributed by atoms with E-state index in [-0.39, 0.29) is 11.5 Å². The lowest BCUT2D eigenvalue weighted by atomic mass is 9.91. The molecule has 1 amide bonds. The van der Waals surface area contributed by atoms with Crippen molar-refractivity contribution in [2.45, 2.75) is 38.5 Å². The van der Waals surface area contributed by atoms with Gasteiger partial charge >= 0.3 is 0 Å². The smallest absolute Gasteiger partial charge is 0.267 e. The summed E-state index contributed by atoms with van der Waals surface area (Å²) >= 11 is 3.23. The summed E-state index contributed by atoms with van der Waals surface area (Å²) in [5.41, 5.74) is 2.86. The first kappa shape index (κ1) is 14.2. The van der Waals surface area contributed by atoms with E-state index in [9.17, 15) is 9.59 Å². The van der Waals surface area contributed by atoms with Gasteiger partial charge in [0.15, 0.2) is 0 Å². The number of aromatic amines is 1.